The van der Waals surface area contributed by atoms with Crippen molar-refractivity contribution in [2.24, 2.45) is 0 Å². The van der Waals surface area contributed by atoms with Crippen LogP contribution in [0.5, 0.6) is 0 Å². The van der Waals surface area contributed by atoms with Gasteiger partial charge in [-0.1, -0.05) is 13.3 Å². The molecule has 5 nitrogen and oxygen atoms in total. The predicted octanol–water partition coefficient (Wildman–Crippen LogP) is -0.0510. The highest BCUT2D eigenvalue weighted by atomic mass is 16.3. The minimum absolute atomic E-state index is 0.0647. The Labute approximate surface area is 110 Å². The summed E-state index contributed by atoms with van der Waals surface area (Å²) in [5.41, 5.74) is 0. The highest BCUT2D eigenvalue weighted by Crippen LogP contribution is 2.06. The van der Waals surface area contributed by atoms with Crippen LogP contribution in [0.1, 0.15) is 32.6 Å². The molecule has 106 valence electrons. The zero-order chi connectivity index (χ0) is 13.2. The minimum atomic E-state index is 0.0647. The lowest BCUT2D eigenvalue weighted by atomic mass is 10.2. The van der Waals surface area contributed by atoms with Gasteiger partial charge < -0.3 is 15.7 Å². The smallest absolute Gasteiger partial charge is 0.234 e. The van der Waals surface area contributed by atoms with Crippen LogP contribution in [0.2, 0.25) is 0 Å². The molecule has 18 heavy (non-hydrogen) atoms. The summed E-state index contributed by atoms with van der Waals surface area (Å²) in [4.78, 5) is 13.8. The van der Waals surface area contributed by atoms with Crippen LogP contribution in [0.4, 0.5) is 0 Å². The normalized spacial score (nSPS) is 19.4. The molecular weight excluding hydrogens is 230 g/mol. The van der Waals surface area contributed by atoms with Crippen LogP contribution in [0.15, 0.2) is 0 Å². The molecule has 1 rings (SSSR count). The zero-order valence-electron chi connectivity index (χ0n) is 11.5. The first-order chi connectivity index (χ1) is 8.76. The molecule has 1 amide bonds. The van der Waals surface area contributed by atoms with Gasteiger partial charge >= 0.3 is 0 Å². The highest BCUT2D eigenvalue weighted by Gasteiger charge is 2.19. The lowest BCUT2D eigenvalue weighted by Crippen LogP contribution is -2.44. The Balaban J connectivity index is 2.24. The van der Waals surface area contributed by atoms with Crippen LogP contribution in [0, 0.1) is 0 Å². The van der Waals surface area contributed by atoms with Crippen LogP contribution < -0.4 is 10.6 Å². The van der Waals surface area contributed by atoms with E-state index in [1.165, 1.54) is 12.8 Å². The molecule has 1 aliphatic heterocycles. The van der Waals surface area contributed by atoms with E-state index in [9.17, 15) is 4.79 Å². The average Bonchev–Trinajstić information content (AvgIpc) is 2.82. The first-order valence-electron chi connectivity index (χ1n) is 7.09. The molecule has 0 radical (unpaired) electrons. The number of carbonyl (C=O) groups is 1. The van der Waals surface area contributed by atoms with Crippen molar-refractivity contribution in [1.82, 2.24) is 15.5 Å². The fourth-order valence-corrected chi connectivity index (χ4v) is 2.26. The summed E-state index contributed by atoms with van der Waals surface area (Å²) in [7, 11) is 0. The number of nitrogens with one attached hydrogen (secondary N) is 2. The number of amides is 1. The van der Waals surface area contributed by atoms with Crippen molar-refractivity contribution in [3.05, 3.63) is 0 Å². The SMILES string of the molecule is CCCCNC(=O)CN(CCO)CC1CCCN1. The summed E-state index contributed by atoms with van der Waals surface area (Å²) in [5.74, 6) is 0.0647. The van der Waals surface area contributed by atoms with Gasteiger partial charge in [-0.3, -0.25) is 9.69 Å². The maximum Gasteiger partial charge on any atom is 0.234 e. The fraction of sp³-hybridized carbons (Fsp3) is 0.923. The summed E-state index contributed by atoms with van der Waals surface area (Å²) in [6.07, 6.45) is 4.49. The number of hydrogen-bond donors (Lipinski definition) is 3. The number of aliphatic hydroxyl groups excluding tert-OH is 1. The van der Waals surface area contributed by atoms with Crippen molar-refractivity contribution in [2.45, 2.75) is 38.6 Å². The van der Waals surface area contributed by atoms with Crippen molar-refractivity contribution in [1.29, 1.82) is 0 Å². The van der Waals surface area contributed by atoms with Gasteiger partial charge in [0.05, 0.1) is 13.2 Å². The topological polar surface area (TPSA) is 64.6 Å². The van der Waals surface area contributed by atoms with Crippen LogP contribution in [0.3, 0.4) is 0 Å². The van der Waals surface area contributed by atoms with Gasteiger partial charge in [0.25, 0.3) is 0 Å². The van der Waals surface area contributed by atoms with Crippen LogP contribution >= 0.6 is 0 Å². The summed E-state index contributed by atoms with van der Waals surface area (Å²) in [6.45, 7) is 5.85. The molecule has 0 aromatic rings. The lowest BCUT2D eigenvalue weighted by molar-refractivity contribution is -0.122. The first kappa shape index (κ1) is 15.4. The van der Waals surface area contributed by atoms with E-state index in [1.54, 1.807) is 0 Å². The van der Waals surface area contributed by atoms with Gasteiger partial charge in [0.1, 0.15) is 0 Å². The average molecular weight is 257 g/mol. The Hall–Kier alpha value is -0.650. The second-order valence-electron chi connectivity index (χ2n) is 4.96. The first-order valence-corrected chi connectivity index (χ1v) is 7.09. The Morgan fingerprint density at radius 1 is 1.56 bits per heavy atom. The lowest BCUT2D eigenvalue weighted by Gasteiger charge is -2.24. The van der Waals surface area contributed by atoms with E-state index < -0.39 is 0 Å². The third-order valence-corrected chi connectivity index (χ3v) is 3.28. The van der Waals surface area contributed by atoms with Gasteiger partial charge in [-0.05, 0) is 25.8 Å². The van der Waals surface area contributed by atoms with E-state index in [4.69, 9.17) is 5.11 Å². The quantitative estimate of drug-likeness (QED) is 0.507. The second-order valence-corrected chi connectivity index (χ2v) is 4.96. The number of aliphatic hydroxyl groups is 1. The summed E-state index contributed by atoms with van der Waals surface area (Å²) >= 11 is 0. The number of nitrogens with zero attached hydrogens (tertiary/aromatic N) is 1. The number of carbonyl (C=O) groups excluding carboxylic acids is 1. The Bertz CT molecular complexity index is 230. The molecule has 0 saturated carbocycles. The molecule has 1 saturated heterocycles. The van der Waals surface area contributed by atoms with Crippen molar-refractivity contribution >= 4 is 5.91 Å². The molecule has 0 spiro atoms. The standard InChI is InChI=1S/C13H27N3O2/c1-2-3-6-15-13(18)11-16(8-9-17)10-12-5-4-7-14-12/h12,14,17H,2-11H2,1H3,(H,15,18). The van der Waals surface area contributed by atoms with E-state index in [0.29, 0.717) is 19.1 Å². The Morgan fingerprint density at radius 2 is 2.39 bits per heavy atom. The van der Waals surface area contributed by atoms with Gasteiger partial charge in [-0.2, -0.15) is 0 Å². The molecular formula is C13H27N3O2. The van der Waals surface area contributed by atoms with E-state index in [-0.39, 0.29) is 12.5 Å². The van der Waals surface area contributed by atoms with E-state index in [2.05, 4.69) is 17.6 Å². The van der Waals surface area contributed by atoms with Crippen molar-refractivity contribution in [2.75, 3.05) is 39.3 Å². The molecule has 1 fully saturated rings. The minimum Gasteiger partial charge on any atom is -0.395 e. The molecule has 5 heteroatoms. The third kappa shape index (κ3) is 6.33. The van der Waals surface area contributed by atoms with E-state index >= 15 is 0 Å². The zero-order valence-corrected chi connectivity index (χ0v) is 11.5. The summed E-state index contributed by atoms with van der Waals surface area (Å²) < 4.78 is 0. The fourth-order valence-electron chi connectivity index (χ4n) is 2.26. The molecule has 1 aliphatic rings. The molecule has 1 unspecified atom stereocenters. The van der Waals surface area contributed by atoms with Crippen LogP contribution in [0.25, 0.3) is 0 Å². The highest BCUT2D eigenvalue weighted by molar-refractivity contribution is 5.77. The van der Waals surface area contributed by atoms with Crippen molar-refractivity contribution < 1.29 is 9.90 Å². The van der Waals surface area contributed by atoms with Crippen LogP contribution in [-0.2, 0) is 4.79 Å². The van der Waals surface area contributed by atoms with Gasteiger partial charge in [0.2, 0.25) is 5.91 Å². The Kier molecular flexibility index (Phi) is 7.96. The maximum atomic E-state index is 11.7. The maximum absolute atomic E-state index is 11.7. The summed E-state index contributed by atoms with van der Waals surface area (Å²) in [5, 5.41) is 15.4. The van der Waals surface area contributed by atoms with Crippen LogP contribution in [-0.4, -0.2) is 61.3 Å². The third-order valence-electron chi connectivity index (χ3n) is 3.28. The van der Waals surface area contributed by atoms with Gasteiger partial charge in [0.15, 0.2) is 0 Å². The largest absolute Gasteiger partial charge is 0.395 e. The van der Waals surface area contributed by atoms with Crippen molar-refractivity contribution in [3.63, 3.8) is 0 Å². The predicted molar refractivity (Wildman–Crippen MR) is 72.5 cm³/mol. The number of unbranched alkanes of at least 4 members (excludes halogenated alkanes) is 1. The molecule has 0 aromatic carbocycles. The number of hydrogen-bond acceptors (Lipinski definition) is 4. The van der Waals surface area contributed by atoms with E-state index in [0.717, 1.165) is 32.5 Å². The van der Waals surface area contributed by atoms with Gasteiger partial charge in [0, 0.05) is 25.7 Å². The van der Waals surface area contributed by atoms with Crippen molar-refractivity contribution in [3.8, 4) is 0 Å². The van der Waals surface area contributed by atoms with Gasteiger partial charge in [-0.15, -0.1) is 0 Å². The monoisotopic (exact) mass is 257 g/mol. The molecule has 1 heterocycles. The Morgan fingerprint density at radius 3 is 3.00 bits per heavy atom. The van der Waals surface area contributed by atoms with Gasteiger partial charge in [-0.25, -0.2) is 0 Å². The molecule has 0 bridgehead atoms. The van der Waals surface area contributed by atoms with E-state index in [1.807, 2.05) is 4.90 Å². The second kappa shape index (κ2) is 9.30. The number of rotatable bonds is 9. The molecule has 0 aromatic heterocycles. The molecule has 1 atom stereocenters. The molecule has 3 N–H and O–H groups in total. The summed E-state index contributed by atoms with van der Waals surface area (Å²) in [6, 6.07) is 0.472. The molecule has 0 aliphatic carbocycles.